The minimum absolute atomic E-state index is 0.0825. The van der Waals surface area contributed by atoms with Crippen LogP contribution in [0.4, 0.5) is 0 Å². The van der Waals surface area contributed by atoms with Crippen molar-refractivity contribution in [2.45, 2.75) is 13.5 Å². The number of benzene rings is 1. The van der Waals surface area contributed by atoms with Gasteiger partial charge in [-0.25, -0.2) is 0 Å². The molecule has 0 saturated heterocycles. The first-order valence-corrected chi connectivity index (χ1v) is 5.00. The van der Waals surface area contributed by atoms with Crippen LogP contribution < -0.4 is 10.1 Å². The van der Waals surface area contributed by atoms with E-state index in [1.807, 2.05) is 19.1 Å². The Kier molecular flexibility index (Phi) is 1.63. The van der Waals surface area contributed by atoms with Gasteiger partial charge in [0.15, 0.2) is 6.61 Å². The molecule has 0 fully saturated rings. The maximum atomic E-state index is 11.5. The molecule has 2 heterocycles. The summed E-state index contributed by atoms with van der Waals surface area (Å²) in [4.78, 5) is 11.5. The number of hydrogen-bond donors (Lipinski definition) is 1. The van der Waals surface area contributed by atoms with Gasteiger partial charge in [0.05, 0.1) is 5.56 Å². The molecule has 0 spiro atoms. The zero-order valence-corrected chi connectivity index (χ0v) is 8.46. The van der Waals surface area contributed by atoms with Crippen LogP contribution >= 0.6 is 0 Å². The summed E-state index contributed by atoms with van der Waals surface area (Å²) in [6, 6.07) is 3.85. The largest absolute Gasteiger partial charge is 0.484 e. The lowest BCUT2D eigenvalue weighted by Crippen LogP contribution is -2.16. The van der Waals surface area contributed by atoms with E-state index < -0.39 is 0 Å². The van der Waals surface area contributed by atoms with Gasteiger partial charge in [-0.15, -0.1) is 0 Å². The molecule has 0 radical (unpaired) electrons. The van der Waals surface area contributed by atoms with Gasteiger partial charge in [-0.2, -0.15) is 0 Å². The first-order chi connectivity index (χ1) is 7.25. The van der Waals surface area contributed by atoms with E-state index in [0.717, 1.165) is 34.7 Å². The lowest BCUT2D eigenvalue weighted by Gasteiger charge is -2.18. The van der Waals surface area contributed by atoms with Gasteiger partial charge in [0.2, 0.25) is 5.78 Å². The summed E-state index contributed by atoms with van der Waals surface area (Å²) in [5.74, 6) is 0.854. The zero-order valence-electron chi connectivity index (χ0n) is 8.46. The standard InChI is InChI=1S/C12H11NO2/c1-7-4-8-2-3-9-11(14)6-15-12(9)10(8)5-13-7/h2-4,13H,5-6H2,1H3. The lowest BCUT2D eigenvalue weighted by atomic mass is 9.98. The average molecular weight is 201 g/mol. The van der Waals surface area contributed by atoms with Gasteiger partial charge in [-0.05, 0) is 24.6 Å². The lowest BCUT2D eigenvalue weighted by molar-refractivity contribution is 0.0961. The number of carbonyl (C=O) groups is 1. The van der Waals surface area contributed by atoms with Crippen molar-refractivity contribution >= 4 is 11.9 Å². The van der Waals surface area contributed by atoms with Crippen molar-refractivity contribution in [3.8, 4) is 5.75 Å². The molecule has 0 bridgehead atoms. The van der Waals surface area contributed by atoms with E-state index in [1.165, 1.54) is 0 Å². The molecule has 1 aromatic carbocycles. The highest BCUT2D eigenvalue weighted by atomic mass is 16.5. The highest BCUT2D eigenvalue weighted by Crippen LogP contribution is 2.34. The van der Waals surface area contributed by atoms with Crippen molar-refractivity contribution in [1.29, 1.82) is 0 Å². The fourth-order valence-corrected chi connectivity index (χ4v) is 2.07. The van der Waals surface area contributed by atoms with Crippen LogP contribution in [-0.2, 0) is 6.54 Å². The third kappa shape index (κ3) is 1.16. The van der Waals surface area contributed by atoms with E-state index in [9.17, 15) is 4.79 Å². The number of ketones is 1. The monoisotopic (exact) mass is 201 g/mol. The van der Waals surface area contributed by atoms with Crippen LogP contribution in [0.2, 0.25) is 0 Å². The normalized spacial score (nSPS) is 17.4. The molecule has 0 amide bonds. The quantitative estimate of drug-likeness (QED) is 0.694. The highest BCUT2D eigenvalue weighted by molar-refractivity contribution is 6.03. The van der Waals surface area contributed by atoms with Gasteiger partial charge in [0.1, 0.15) is 5.75 Å². The third-order valence-electron chi connectivity index (χ3n) is 2.86. The third-order valence-corrected chi connectivity index (χ3v) is 2.86. The molecule has 0 unspecified atom stereocenters. The summed E-state index contributed by atoms with van der Waals surface area (Å²) >= 11 is 0. The molecule has 76 valence electrons. The molecule has 0 aromatic heterocycles. The van der Waals surface area contributed by atoms with E-state index in [4.69, 9.17) is 4.74 Å². The number of rotatable bonds is 0. The predicted octanol–water partition coefficient (Wildman–Crippen LogP) is 1.73. The molecule has 3 rings (SSSR count). The number of ether oxygens (including phenoxy) is 1. The van der Waals surface area contributed by atoms with Gasteiger partial charge in [-0.3, -0.25) is 4.79 Å². The Hall–Kier alpha value is -1.77. The number of allylic oxidation sites excluding steroid dienone is 1. The second-order valence-electron chi connectivity index (χ2n) is 3.90. The predicted molar refractivity (Wildman–Crippen MR) is 56.8 cm³/mol. The molecule has 3 nitrogen and oxygen atoms in total. The maximum Gasteiger partial charge on any atom is 0.203 e. The van der Waals surface area contributed by atoms with Crippen LogP contribution in [-0.4, -0.2) is 12.4 Å². The maximum absolute atomic E-state index is 11.5. The van der Waals surface area contributed by atoms with Crippen molar-refractivity contribution in [3.05, 3.63) is 34.5 Å². The Bertz CT molecular complexity index is 489. The molecular formula is C12H11NO2. The highest BCUT2D eigenvalue weighted by Gasteiger charge is 2.26. The molecule has 0 saturated carbocycles. The molecule has 2 aliphatic rings. The molecule has 3 heteroatoms. The van der Waals surface area contributed by atoms with Crippen molar-refractivity contribution in [2.75, 3.05) is 6.61 Å². The molecule has 1 N–H and O–H groups in total. The fraction of sp³-hybridized carbons (Fsp3) is 0.250. The van der Waals surface area contributed by atoms with E-state index >= 15 is 0 Å². The summed E-state index contributed by atoms with van der Waals surface area (Å²) < 4.78 is 5.43. The van der Waals surface area contributed by atoms with E-state index in [0.29, 0.717) is 0 Å². The Morgan fingerprint density at radius 2 is 2.27 bits per heavy atom. The molecule has 0 atom stereocenters. The molecule has 1 aromatic rings. The van der Waals surface area contributed by atoms with Crippen LogP contribution in [0, 0.1) is 0 Å². The second kappa shape index (κ2) is 2.86. The minimum atomic E-state index is 0.0825. The molecule has 2 aliphatic heterocycles. The fourth-order valence-electron chi connectivity index (χ4n) is 2.07. The summed E-state index contributed by atoms with van der Waals surface area (Å²) in [6.45, 7) is 2.96. The molecular weight excluding hydrogens is 190 g/mol. The number of nitrogens with one attached hydrogen (secondary N) is 1. The average Bonchev–Trinajstić information content (AvgIpc) is 2.60. The molecule has 0 aliphatic carbocycles. The zero-order chi connectivity index (χ0) is 10.4. The van der Waals surface area contributed by atoms with E-state index in [-0.39, 0.29) is 12.4 Å². The first-order valence-electron chi connectivity index (χ1n) is 5.00. The van der Waals surface area contributed by atoms with E-state index in [2.05, 4.69) is 11.4 Å². The minimum Gasteiger partial charge on any atom is -0.484 e. The number of Topliss-reactive ketones (excluding diaryl/α,β-unsaturated/α-hetero) is 1. The van der Waals surface area contributed by atoms with Gasteiger partial charge in [-0.1, -0.05) is 6.07 Å². The molecule has 15 heavy (non-hydrogen) atoms. The topological polar surface area (TPSA) is 38.3 Å². The van der Waals surface area contributed by atoms with E-state index in [1.54, 1.807) is 0 Å². The van der Waals surface area contributed by atoms with Gasteiger partial charge in [0.25, 0.3) is 0 Å². The summed E-state index contributed by atoms with van der Waals surface area (Å²) in [5, 5.41) is 3.25. The smallest absolute Gasteiger partial charge is 0.203 e. The van der Waals surface area contributed by atoms with Crippen LogP contribution in [0.25, 0.3) is 6.08 Å². The Morgan fingerprint density at radius 3 is 3.13 bits per heavy atom. The van der Waals surface area contributed by atoms with Gasteiger partial charge in [0, 0.05) is 17.8 Å². The summed E-state index contributed by atoms with van der Waals surface area (Å²) in [6.07, 6.45) is 2.07. The van der Waals surface area contributed by atoms with Crippen molar-refractivity contribution in [1.82, 2.24) is 5.32 Å². The Morgan fingerprint density at radius 1 is 1.40 bits per heavy atom. The van der Waals surface area contributed by atoms with Crippen LogP contribution in [0.1, 0.15) is 28.4 Å². The van der Waals surface area contributed by atoms with Gasteiger partial charge >= 0.3 is 0 Å². The number of fused-ring (bicyclic) bond motifs is 3. The van der Waals surface area contributed by atoms with Crippen molar-refractivity contribution in [3.63, 3.8) is 0 Å². The second-order valence-corrected chi connectivity index (χ2v) is 3.90. The Labute approximate surface area is 87.7 Å². The van der Waals surface area contributed by atoms with Crippen LogP contribution in [0.5, 0.6) is 5.75 Å². The number of carbonyl (C=O) groups excluding carboxylic acids is 1. The van der Waals surface area contributed by atoms with Crippen molar-refractivity contribution in [2.24, 2.45) is 0 Å². The first kappa shape index (κ1) is 8.53. The van der Waals surface area contributed by atoms with Gasteiger partial charge < -0.3 is 10.1 Å². The number of hydrogen-bond acceptors (Lipinski definition) is 3. The summed E-state index contributed by atoms with van der Waals surface area (Å²) in [7, 11) is 0. The van der Waals surface area contributed by atoms with Crippen LogP contribution in [0.3, 0.4) is 0 Å². The van der Waals surface area contributed by atoms with Crippen molar-refractivity contribution < 1.29 is 9.53 Å². The Balaban J connectivity index is 2.22. The SMILES string of the molecule is CC1=Cc2ccc3c(c2CN1)OCC3=O. The summed E-state index contributed by atoms with van der Waals surface area (Å²) in [5.41, 5.74) is 4.12. The van der Waals surface area contributed by atoms with Crippen LogP contribution in [0.15, 0.2) is 17.8 Å².